The van der Waals surface area contributed by atoms with Gasteiger partial charge in [0.1, 0.15) is 11.6 Å². The van der Waals surface area contributed by atoms with Crippen molar-refractivity contribution in [3.8, 4) is 6.07 Å². The molecule has 0 saturated carbocycles. The minimum absolute atomic E-state index is 0.0164. The first-order chi connectivity index (χ1) is 11.1. The predicted molar refractivity (Wildman–Crippen MR) is 81.7 cm³/mol. The Kier molecular flexibility index (Phi) is 5.69. The van der Waals surface area contributed by atoms with Crippen molar-refractivity contribution in [1.82, 2.24) is 15.2 Å². The summed E-state index contributed by atoms with van der Waals surface area (Å²) in [4.78, 5) is 28.7. The van der Waals surface area contributed by atoms with Gasteiger partial charge in [0.05, 0.1) is 5.92 Å². The first-order valence-corrected chi connectivity index (χ1v) is 7.36. The molecule has 1 aliphatic heterocycles. The lowest BCUT2D eigenvalue weighted by atomic mass is 9.97. The molecule has 120 valence electrons. The number of carbonyl (C=O) groups excluding carboxylic acids is 1. The molecule has 1 aromatic rings. The molecule has 23 heavy (non-hydrogen) atoms. The molecule has 0 aliphatic carbocycles. The molecule has 1 amide bonds. The van der Waals surface area contributed by atoms with E-state index in [1.54, 1.807) is 12.4 Å². The van der Waals surface area contributed by atoms with Crippen LogP contribution in [0, 0.1) is 17.2 Å². The highest BCUT2D eigenvalue weighted by Crippen LogP contribution is 2.18. The van der Waals surface area contributed by atoms with Gasteiger partial charge in [-0.05, 0) is 24.5 Å². The number of nitriles is 1. The smallest absolute Gasteiger partial charge is 0.306 e. The van der Waals surface area contributed by atoms with E-state index in [9.17, 15) is 9.59 Å². The monoisotopic (exact) mass is 314 g/mol. The van der Waals surface area contributed by atoms with Crippen LogP contribution in [-0.4, -0.2) is 40.0 Å². The minimum Gasteiger partial charge on any atom is -0.481 e. The Bertz CT molecular complexity index is 628. The number of hydrogen-bond donors (Lipinski definition) is 2. The number of pyridine rings is 1. The predicted octanol–water partition coefficient (Wildman–Crippen LogP) is 0.902. The molecule has 2 N–H and O–H groups in total. The van der Waals surface area contributed by atoms with Gasteiger partial charge in [-0.25, -0.2) is 0 Å². The molecule has 2 heterocycles. The summed E-state index contributed by atoms with van der Waals surface area (Å²) in [5.74, 6) is -1.60. The summed E-state index contributed by atoms with van der Waals surface area (Å²) in [6, 6.07) is 5.59. The van der Waals surface area contributed by atoms with E-state index in [4.69, 9.17) is 10.4 Å². The fourth-order valence-corrected chi connectivity index (χ4v) is 2.42. The van der Waals surface area contributed by atoms with E-state index >= 15 is 0 Å². The number of carboxylic acid groups (broad SMARTS) is 1. The Morgan fingerprint density at radius 1 is 1.48 bits per heavy atom. The molecule has 1 saturated heterocycles. The van der Waals surface area contributed by atoms with Crippen LogP contribution in [0.5, 0.6) is 0 Å². The largest absolute Gasteiger partial charge is 0.481 e. The normalized spacial score (nSPS) is 15.8. The van der Waals surface area contributed by atoms with Crippen LogP contribution in [-0.2, 0) is 16.1 Å². The zero-order valence-electron chi connectivity index (χ0n) is 12.6. The molecule has 1 aromatic heterocycles. The molecule has 0 radical (unpaired) electrons. The second-order valence-electron chi connectivity index (χ2n) is 5.32. The highest BCUT2D eigenvalue weighted by Gasteiger charge is 2.28. The lowest BCUT2D eigenvalue weighted by Crippen LogP contribution is -2.41. The van der Waals surface area contributed by atoms with Crippen molar-refractivity contribution in [3.63, 3.8) is 0 Å². The number of rotatable bonds is 5. The lowest BCUT2D eigenvalue weighted by Gasteiger charge is -2.29. The standard InChI is InChI=1S/C16H18N4O3/c17-8-14(11-19-10-12-2-1-5-18-9-12)15(21)20-6-3-13(4-7-20)16(22)23/h1-2,5,9,11,13,19H,3-4,6-7,10H2,(H,22,23)/b14-11-. The van der Waals surface area contributed by atoms with E-state index in [0.717, 1.165) is 5.56 Å². The summed E-state index contributed by atoms with van der Waals surface area (Å²) < 4.78 is 0. The number of nitrogens with zero attached hydrogens (tertiary/aromatic N) is 3. The summed E-state index contributed by atoms with van der Waals surface area (Å²) in [5, 5.41) is 21.0. The number of likely N-dealkylation sites (tertiary alicyclic amines) is 1. The van der Waals surface area contributed by atoms with E-state index in [1.807, 2.05) is 18.2 Å². The van der Waals surface area contributed by atoms with Crippen LogP contribution in [0.1, 0.15) is 18.4 Å². The number of carbonyl (C=O) groups is 2. The number of carboxylic acids is 1. The summed E-state index contributed by atoms with van der Waals surface area (Å²) >= 11 is 0. The third kappa shape index (κ3) is 4.54. The molecule has 0 aromatic carbocycles. The van der Waals surface area contributed by atoms with Crippen LogP contribution in [0.25, 0.3) is 0 Å². The third-order valence-corrected chi connectivity index (χ3v) is 3.76. The molecule has 0 unspecified atom stereocenters. The Balaban J connectivity index is 1.90. The van der Waals surface area contributed by atoms with E-state index in [0.29, 0.717) is 32.5 Å². The van der Waals surface area contributed by atoms with Crippen LogP contribution in [0.4, 0.5) is 0 Å². The maximum atomic E-state index is 12.3. The van der Waals surface area contributed by atoms with Crippen LogP contribution in [0.15, 0.2) is 36.3 Å². The van der Waals surface area contributed by atoms with Crippen LogP contribution in [0.2, 0.25) is 0 Å². The molecule has 7 nitrogen and oxygen atoms in total. The number of nitrogens with one attached hydrogen (secondary N) is 1. The van der Waals surface area contributed by atoms with Gasteiger partial charge in [-0.1, -0.05) is 6.07 Å². The molecule has 1 fully saturated rings. The van der Waals surface area contributed by atoms with Gasteiger partial charge in [-0.2, -0.15) is 5.26 Å². The van der Waals surface area contributed by atoms with Crippen molar-refractivity contribution < 1.29 is 14.7 Å². The zero-order valence-corrected chi connectivity index (χ0v) is 12.6. The van der Waals surface area contributed by atoms with Crippen molar-refractivity contribution in [1.29, 1.82) is 5.26 Å². The number of piperidine rings is 1. The number of amides is 1. The first-order valence-electron chi connectivity index (χ1n) is 7.36. The minimum atomic E-state index is -0.828. The van der Waals surface area contributed by atoms with Crippen molar-refractivity contribution >= 4 is 11.9 Å². The van der Waals surface area contributed by atoms with Crippen LogP contribution in [0.3, 0.4) is 0 Å². The molecule has 0 spiro atoms. The molecule has 7 heteroatoms. The van der Waals surface area contributed by atoms with Crippen molar-refractivity contribution in [2.45, 2.75) is 19.4 Å². The van der Waals surface area contributed by atoms with E-state index < -0.39 is 11.9 Å². The van der Waals surface area contributed by atoms with Crippen molar-refractivity contribution in [3.05, 3.63) is 41.9 Å². The second-order valence-corrected chi connectivity index (χ2v) is 5.32. The Hall–Kier alpha value is -2.88. The van der Waals surface area contributed by atoms with Gasteiger partial charge in [0.25, 0.3) is 5.91 Å². The van der Waals surface area contributed by atoms with E-state index in [1.165, 1.54) is 11.1 Å². The maximum absolute atomic E-state index is 12.3. The first kappa shape index (κ1) is 16.5. The van der Waals surface area contributed by atoms with Crippen LogP contribution >= 0.6 is 0 Å². The molecule has 2 rings (SSSR count). The van der Waals surface area contributed by atoms with Gasteiger partial charge in [0.15, 0.2) is 0 Å². The lowest BCUT2D eigenvalue weighted by molar-refractivity contribution is -0.145. The fourth-order valence-electron chi connectivity index (χ4n) is 2.42. The second kappa shape index (κ2) is 7.94. The highest BCUT2D eigenvalue weighted by atomic mass is 16.4. The Morgan fingerprint density at radius 3 is 2.78 bits per heavy atom. The van der Waals surface area contributed by atoms with Crippen LogP contribution < -0.4 is 5.32 Å². The van der Waals surface area contributed by atoms with Gasteiger partial charge < -0.3 is 15.3 Å². The van der Waals surface area contributed by atoms with E-state index in [2.05, 4.69) is 10.3 Å². The highest BCUT2D eigenvalue weighted by molar-refractivity contribution is 5.97. The maximum Gasteiger partial charge on any atom is 0.306 e. The fraction of sp³-hybridized carbons (Fsp3) is 0.375. The summed E-state index contributed by atoms with van der Waals surface area (Å²) in [5.41, 5.74) is 0.957. The average Bonchev–Trinajstić information content (AvgIpc) is 2.59. The van der Waals surface area contributed by atoms with Gasteiger partial charge in [0, 0.05) is 38.2 Å². The molecular weight excluding hydrogens is 296 g/mol. The molecule has 0 bridgehead atoms. The van der Waals surface area contributed by atoms with Crippen molar-refractivity contribution in [2.75, 3.05) is 13.1 Å². The summed E-state index contributed by atoms with van der Waals surface area (Å²) in [7, 11) is 0. The average molecular weight is 314 g/mol. The molecular formula is C16H18N4O3. The summed E-state index contributed by atoms with van der Waals surface area (Å²) in [6.07, 6.45) is 5.61. The zero-order chi connectivity index (χ0) is 16.7. The SMILES string of the molecule is N#C/C(=C/NCc1cccnc1)C(=O)N1CCC(C(=O)O)CC1. The third-order valence-electron chi connectivity index (χ3n) is 3.76. The number of aliphatic carboxylic acids is 1. The van der Waals surface area contributed by atoms with Gasteiger partial charge in [0.2, 0.25) is 0 Å². The molecule has 1 aliphatic rings. The van der Waals surface area contributed by atoms with Crippen molar-refractivity contribution in [2.24, 2.45) is 5.92 Å². The summed E-state index contributed by atoms with van der Waals surface area (Å²) in [6.45, 7) is 1.18. The van der Waals surface area contributed by atoms with E-state index in [-0.39, 0.29) is 11.5 Å². The quantitative estimate of drug-likeness (QED) is 0.618. The Labute approximate surface area is 134 Å². The number of aromatic nitrogens is 1. The van der Waals surface area contributed by atoms with Gasteiger partial charge >= 0.3 is 5.97 Å². The molecule has 0 atom stereocenters. The van der Waals surface area contributed by atoms with Gasteiger partial charge in [-0.3, -0.25) is 14.6 Å². The van der Waals surface area contributed by atoms with Gasteiger partial charge in [-0.15, -0.1) is 0 Å². The number of hydrogen-bond acceptors (Lipinski definition) is 5. The topological polar surface area (TPSA) is 106 Å². The Morgan fingerprint density at radius 2 is 2.22 bits per heavy atom.